The lowest BCUT2D eigenvalue weighted by atomic mass is 10.2. The van der Waals surface area contributed by atoms with Gasteiger partial charge in [-0.15, -0.1) is 0 Å². The number of esters is 1. The Morgan fingerprint density at radius 2 is 1.73 bits per heavy atom. The Labute approximate surface area is 175 Å². The number of alkyl carbamates (subject to hydrolysis) is 1. The summed E-state index contributed by atoms with van der Waals surface area (Å²) < 4.78 is 42.2. The van der Waals surface area contributed by atoms with Gasteiger partial charge in [-0.05, 0) is 38.0 Å². The molecule has 0 radical (unpaired) electrons. The van der Waals surface area contributed by atoms with Gasteiger partial charge in [-0.1, -0.05) is 12.8 Å². The maximum atomic E-state index is 13.1. The van der Waals surface area contributed by atoms with Crippen molar-refractivity contribution in [1.29, 1.82) is 0 Å². The number of nitrogens with zero attached hydrogens (tertiary/aromatic N) is 1. The Balaban J connectivity index is 2.15. The number of carbonyl (C=O) groups excluding carboxylic acids is 3. The number of hydrogen-bond donors (Lipinski definition) is 1. The zero-order valence-corrected chi connectivity index (χ0v) is 17.8. The van der Waals surface area contributed by atoms with Gasteiger partial charge in [-0.3, -0.25) is 10.1 Å². The third-order valence-corrected chi connectivity index (χ3v) is 6.35. The minimum absolute atomic E-state index is 0.0619. The number of imide groups is 1. The SMILES string of the molecule is CCOC(=O)NC(=O)COC(=O)c1ccc(OC)c(S(=O)(=O)N2CCCCCC2)c1. The highest BCUT2D eigenvalue weighted by Gasteiger charge is 2.29. The summed E-state index contributed by atoms with van der Waals surface area (Å²) in [5.41, 5.74) is -0.0619. The van der Waals surface area contributed by atoms with Gasteiger partial charge in [0.15, 0.2) is 6.61 Å². The molecule has 1 fully saturated rings. The summed E-state index contributed by atoms with van der Waals surface area (Å²) in [6.45, 7) is 1.73. The molecule has 1 aliphatic heterocycles. The van der Waals surface area contributed by atoms with Gasteiger partial charge >= 0.3 is 12.1 Å². The van der Waals surface area contributed by atoms with E-state index in [-0.39, 0.29) is 22.8 Å². The first-order valence-corrected chi connectivity index (χ1v) is 11.1. The third kappa shape index (κ3) is 6.17. The van der Waals surface area contributed by atoms with Gasteiger partial charge in [0.05, 0.1) is 19.3 Å². The van der Waals surface area contributed by atoms with E-state index in [0.29, 0.717) is 13.1 Å². The molecule has 11 heteroatoms. The predicted molar refractivity (Wildman–Crippen MR) is 106 cm³/mol. The normalized spacial score (nSPS) is 15.0. The number of benzene rings is 1. The molecule has 1 heterocycles. The molecule has 10 nitrogen and oxygen atoms in total. The maximum absolute atomic E-state index is 13.1. The molecule has 2 rings (SSSR count). The fourth-order valence-electron chi connectivity index (χ4n) is 2.96. The van der Waals surface area contributed by atoms with Crippen molar-refractivity contribution in [2.45, 2.75) is 37.5 Å². The molecule has 166 valence electrons. The molecule has 0 unspecified atom stereocenters. The van der Waals surface area contributed by atoms with E-state index in [9.17, 15) is 22.8 Å². The Kier molecular flexibility index (Phi) is 8.60. The van der Waals surface area contributed by atoms with Crippen molar-refractivity contribution in [3.8, 4) is 5.75 Å². The van der Waals surface area contributed by atoms with E-state index >= 15 is 0 Å². The minimum Gasteiger partial charge on any atom is -0.495 e. The summed E-state index contributed by atoms with van der Waals surface area (Å²) in [4.78, 5) is 35.0. The van der Waals surface area contributed by atoms with Crippen LogP contribution in [0, 0.1) is 0 Å². The van der Waals surface area contributed by atoms with Gasteiger partial charge in [0.2, 0.25) is 10.0 Å². The van der Waals surface area contributed by atoms with E-state index in [1.165, 1.54) is 29.6 Å². The van der Waals surface area contributed by atoms with Crippen molar-refractivity contribution in [2.24, 2.45) is 0 Å². The summed E-state index contributed by atoms with van der Waals surface area (Å²) in [6, 6.07) is 3.87. The van der Waals surface area contributed by atoms with Crippen molar-refractivity contribution in [3.05, 3.63) is 23.8 Å². The van der Waals surface area contributed by atoms with Crippen LogP contribution in [0.1, 0.15) is 43.0 Å². The molecular weight excluding hydrogens is 416 g/mol. The van der Waals surface area contributed by atoms with Gasteiger partial charge in [0.1, 0.15) is 10.6 Å². The summed E-state index contributed by atoms with van der Waals surface area (Å²) >= 11 is 0. The molecule has 0 bridgehead atoms. The fourth-order valence-corrected chi connectivity index (χ4v) is 4.66. The van der Waals surface area contributed by atoms with E-state index in [1.54, 1.807) is 6.92 Å². The molecular formula is C19H26N2O8S. The second kappa shape index (κ2) is 10.9. The Hall–Kier alpha value is -2.66. The Bertz CT molecular complexity index is 877. The highest BCUT2D eigenvalue weighted by Crippen LogP contribution is 2.29. The fraction of sp³-hybridized carbons (Fsp3) is 0.526. The van der Waals surface area contributed by atoms with E-state index in [4.69, 9.17) is 9.47 Å². The second-order valence-corrected chi connectivity index (χ2v) is 8.44. The first-order valence-electron chi connectivity index (χ1n) is 9.61. The van der Waals surface area contributed by atoms with Crippen LogP contribution in [0.25, 0.3) is 0 Å². The molecule has 1 aliphatic rings. The topological polar surface area (TPSA) is 128 Å². The molecule has 1 N–H and O–H groups in total. The maximum Gasteiger partial charge on any atom is 0.413 e. The number of amides is 2. The van der Waals surface area contributed by atoms with Gasteiger partial charge in [0.25, 0.3) is 5.91 Å². The zero-order valence-electron chi connectivity index (χ0n) is 17.0. The number of methoxy groups -OCH3 is 1. The lowest BCUT2D eigenvalue weighted by Gasteiger charge is -2.21. The lowest BCUT2D eigenvalue weighted by molar-refractivity contribution is -0.123. The Morgan fingerprint density at radius 3 is 2.33 bits per heavy atom. The summed E-state index contributed by atoms with van der Waals surface area (Å²) in [5.74, 6) is -1.67. The van der Waals surface area contributed by atoms with Crippen molar-refractivity contribution in [2.75, 3.05) is 33.4 Å². The largest absolute Gasteiger partial charge is 0.495 e. The number of ether oxygens (including phenoxy) is 3. The molecule has 0 saturated carbocycles. The van der Waals surface area contributed by atoms with Crippen LogP contribution in [0.5, 0.6) is 5.75 Å². The Morgan fingerprint density at radius 1 is 1.07 bits per heavy atom. The van der Waals surface area contributed by atoms with E-state index < -0.39 is 34.6 Å². The average molecular weight is 442 g/mol. The van der Waals surface area contributed by atoms with Gasteiger partial charge in [0, 0.05) is 13.1 Å². The summed E-state index contributed by atoms with van der Waals surface area (Å²) in [6.07, 6.45) is 2.50. The van der Waals surface area contributed by atoms with Crippen LogP contribution >= 0.6 is 0 Å². The molecule has 1 aromatic carbocycles. The molecule has 1 saturated heterocycles. The van der Waals surface area contributed by atoms with Crippen LogP contribution in [0.4, 0.5) is 4.79 Å². The molecule has 2 amide bonds. The number of hydrogen-bond acceptors (Lipinski definition) is 8. The van der Waals surface area contributed by atoms with Gasteiger partial charge in [-0.25, -0.2) is 18.0 Å². The third-order valence-electron chi connectivity index (χ3n) is 4.43. The highest BCUT2D eigenvalue weighted by molar-refractivity contribution is 7.89. The molecule has 0 spiro atoms. The van der Waals surface area contributed by atoms with E-state index in [1.807, 2.05) is 5.32 Å². The van der Waals surface area contributed by atoms with Crippen LogP contribution in [0.3, 0.4) is 0 Å². The number of sulfonamides is 1. The van der Waals surface area contributed by atoms with Gasteiger partial charge in [-0.2, -0.15) is 4.31 Å². The van der Waals surface area contributed by atoms with Crippen molar-refractivity contribution >= 4 is 28.0 Å². The zero-order chi connectivity index (χ0) is 22.1. The quantitative estimate of drug-likeness (QED) is 0.632. The lowest BCUT2D eigenvalue weighted by Crippen LogP contribution is -2.34. The molecule has 0 aromatic heterocycles. The molecule has 0 atom stereocenters. The standard InChI is InChI=1S/C19H26N2O8S/c1-3-28-19(24)20-17(22)13-29-18(23)14-8-9-15(27-2)16(12-14)30(25,26)21-10-6-4-5-7-11-21/h8-9,12H,3-7,10-11,13H2,1-2H3,(H,20,22,24). The summed E-state index contributed by atoms with van der Waals surface area (Å²) in [5, 5.41) is 1.89. The number of rotatable bonds is 7. The van der Waals surface area contributed by atoms with E-state index in [0.717, 1.165) is 25.7 Å². The van der Waals surface area contributed by atoms with Crippen molar-refractivity contribution in [1.82, 2.24) is 9.62 Å². The summed E-state index contributed by atoms with van der Waals surface area (Å²) in [7, 11) is -2.54. The number of nitrogens with one attached hydrogen (secondary N) is 1. The first-order chi connectivity index (χ1) is 14.3. The molecule has 1 aromatic rings. The first kappa shape index (κ1) is 23.6. The molecule has 0 aliphatic carbocycles. The van der Waals surface area contributed by atoms with Gasteiger partial charge < -0.3 is 14.2 Å². The van der Waals surface area contributed by atoms with Crippen molar-refractivity contribution < 1.29 is 37.0 Å². The van der Waals surface area contributed by atoms with Crippen LogP contribution in [0.2, 0.25) is 0 Å². The van der Waals surface area contributed by atoms with E-state index in [2.05, 4.69) is 4.74 Å². The number of carbonyl (C=O) groups is 3. The minimum atomic E-state index is -3.88. The van der Waals surface area contributed by atoms with Crippen LogP contribution in [-0.4, -0.2) is 64.1 Å². The van der Waals surface area contributed by atoms with Crippen LogP contribution in [0.15, 0.2) is 23.1 Å². The molecule has 30 heavy (non-hydrogen) atoms. The van der Waals surface area contributed by atoms with Crippen LogP contribution < -0.4 is 10.1 Å². The highest BCUT2D eigenvalue weighted by atomic mass is 32.2. The average Bonchev–Trinajstić information content (AvgIpc) is 3.01. The van der Waals surface area contributed by atoms with Crippen LogP contribution in [-0.2, 0) is 24.3 Å². The van der Waals surface area contributed by atoms with Crippen molar-refractivity contribution in [3.63, 3.8) is 0 Å². The predicted octanol–water partition coefficient (Wildman–Crippen LogP) is 1.69. The second-order valence-electron chi connectivity index (χ2n) is 6.53. The monoisotopic (exact) mass is 442 g/mol. The smallest absolute Gasteiger partial charge is 0.413 e.